The number of anilines is 2. The smallest absolute Gasteiger partial charge is 0.416 e. The third-order valence-electron chi connectivity index (χ3n) is 7.06. The summed E-state index contributed by atoms with van der Waals surface area (Å²) in [6.45, 7) is 1.69. The molecule has 0 saturated carbocycles. The maximum atomic E-state index is 13.8. The number of rotatable bonds is 5. The Morgan fingerprint density at radius 2 is 1.92 bits per heavy atom. The van der Waals surface area contributed by atoms with Crippen molar-refractivity contribution in [3.8, 4) is 0 Å². The predicted molar refractivity (Wildman–Crippen MR) is 132 cm³/mol. The van der Waals surface area contributed by atoms with E-state index in [1.807, 2.05) is 0 Å². The van der Waals surface area contributed by atoms with Gasteiger partial charge in [-0.05, 0) is 55.2 Å². The van der Waals surface area contributed by atoms with Crippen molar-refractivity contribution < 1.29 is 41.8 Å². The highest BCUT2D eigenvalue weighted by Gasteiger charge is 2.49. The summed E-state index contributed by atoms with van der Waals surface area (Å²) in [4.78, 5) is 55.4. The van der Waals surface area contributed by atoms with Gasteiger partial charge in [0, 0.05) is 5.69 Å². The number of fused-ring (bicyclic) bond motifs is 1. The van der Waals surface area contributed by atoms with E-state index in [1.54, 1.807) is 6.92 Å². The number of urea groups is 1. The van der Waals surface area contributed by atoms with Crippen LogP contribution in [0.4, 0.5) is 34.1 Å². The van der Waals surface area contributed by atoms with Crippen molar-refractivity contribution in [2.24, 2.45) is 5.92 Å². The number of amides is 4. The topological polar surface area (TPSA) is 96.5 Å². The molecule has 2 fully saturated rings. The van der Waals surface area contributed by atoms with E-state index in [1.165, 1.54) is 40.1 Å². The zero-order valence-corrected chi connectivity index (χ0v) is 21.4. The average molecular weight is 566 g/mol. The molecule has 2 aromatic carbocycles. The molecule has 1 aliphatic carbocycles. The Hall–Kier alpha value is -3.80. The molecule has 2 aromatic rings. The molecule has 9 nitrogen and oxygen atoms in total. The van der Waals surface area contributed by atoms with Gasteiger partial charge in [0.25, 0.3) is 0 Å². The summed E-state index contributed by atoms with van der Waals surface area (Å²) in [5.41, 5.74) is -0.00902. The van der Waals surface area contributed by atoms with Gasteiger partial charge in [0.15, 0.2) is 5.92 Å². The van der Waals surface area contributed by atoms with E-state index < -0.39 is 47.7 Å². The van der Waals surface area contributed by atoms with Crippen LogP contribution < -0.4 is 9.80 Å². The summed E-state index contributed by atoms with van der Waals surface area (Å²) in [6, 6.07) is 6.29. The number of alkyl halides is 3. The number of nitrogens with zero attached hydrogens (tertiary/aromatic N) is 3. The average Bonchev–Trinajstić information content (AvgIpc) is 3.50. The van der Waals surface area contributed by atoms with E-state index in [-0.39, 0.29) is 61.0 Å². The zero-order valence-electron chi connectivity index (χ0n) is 20.7. The van der Waals surface area contributed by atoms with E-state index in [0.717, 1.165) is 11.0 Å². The van der Waals surface area contributed by atoms with E-state index in [2.05, 4.69) is 0 Å². The van der Waals surface area contributed by atoms with Gasteiger partial charge in [-0.25, -0.2) is 9.59 Å². The molecular weight excluding hydrogens is 543 g/mol. The number of carbonyl (C=O) groups is 4. The van der Waals surface area contributed by atoms with Gasteiger partial charge < -0.3 is 9.47 Å². The van der Waals surface area contributed by atoms with Crippen molar-refractivity contribution in [1.82, 2.24) is 4.90 Å². The minimum Gasteiger partial charge on any atom is -0.465 e. The Morgan fingerprint density at radius 1 is 1.15 bits per heavy atom. The normalized spacial score (nSPS) is 21.4. The van der Waals surface area contributed by atoms with Crippen molar-refractivity contribution >= 4 is 47.0 Å². The van der Waals surface area contributed by atoms with Gasteiger partial charge in [0.1, 0.15) is 6.61 Å². The molecular formula is C26H23ClF3N3O6. The maximum Gasteiger partial charge on any atom is 0.416 e. The number of halogens is 4. The highest BCUT2D eigenvalue weighted by atomic mass is 35.5. The number of hydrogen-bond acceptors (Lipinski definition) is 6. The van der Waals surface area contributed by atoms with Crippen LogP contribution in [0.1, 0.15) is 36.1 Å². The lowest BCUT2D eigenvalue weighted by atomic mass is 9.98. The Labute approximate surface area is 226 Å². The molecule has 2 saturated heterocycles. The number of carbonyl (C=O) groups excluding carboxylic acids is 4. The lowest BCUT2D eigenvalue weighted by Crippen LogP contribution is -2.59. The predicted octanol–water partition coefficient (Wildman–Crippen LogP) is 4.95. The molecule has 0 radical (unpaired) electrons. The first-order chi connectivity index (χ1) is 18.5. The molecule has 1 unspecified atom stereocenters. The first-order valence-electron chi connectivity index (χ1n) is 12.3. The van der Waals surface area contributed by atoms with E-state index in [9.17, 15) is 32.3 Å². The van der Waals surface area contributed by atoms with Gasteiger partial charge in [-0.15, -0.1) is 0 Å². The van der Waals surface area contributed by atoms with E-state index in [4.69, 9.17) is 21.1 Å². The molecule has 0 aromatic heterocycles. The van der Waals surface area contributed by atoms with Crippen LogP contribution in [0.15, 0.2) is 36.4 Å². The molecule has 0 N–H and O–H groups in total. The first-order valence-corrected chi connectivity index (χ1v) is 12.6. The highest BCUT2D eigenvalue weighted by Crippen LogP contribution is 2.44. The fourth-order valence-electron chi connectivity index (χ4n) is 5.31. The van der Waals surface area contributed by atoms with Crippen LogP contribution in [-0.4, -0.2) is 55.2 Å². The number of esters is 1. The molecule has 2 aliphatic heterocycles. The Morgan fingerprint density at radius 3 is 2.56 bits per heavy atom. The fraction of sp³-hybridized carbons (Fsp3) is 0.385. The maximum absolute atomic E-state index is 13.8. The van der Waals surface area contributed by atoms with Crippen LogP contribution in [0.25, 0.3) is 0 Å². The summed E-state index contributed by atoms with van der Waals surface area (Å²) in [7, 11) is 0. The number of hydrogen-bond donors (Lipinski definition) is 0. The third-order valence-corrected chi connectivity index (χ3v) is 7.36. The van der Waals surface area contributed by atoms with Crippen molar-refractivity contribution in [2.75, 3.05) is 36.1 Å². The second-order valence-electron chi connectivity index (χ2n) is 9.23. The van der Waals surface area contributed by atoms with Gasteiger partial charge in [0.05, 0.1) is 42.0 Å². The highest BCUT2D eigenvalue weighted by molar-refractivity contribution is 6.34. The Bertz CT molecular complexity index is 1370. The Kier molecular flexibility index (Phi) is 6.91. The van der Waals surface area contributed by atoms with Gasteiger partial charge >= 0.3 is 24.3 Å². The monoisotopic (exact) mass is 565 g/mol. The summed E-state index contributed by atoms with van der Waals surface area (Å²) < 4.78 is 51.0. The van der Waals surface area contributed by atoms with Gasteiger partial charge in [0.2, 0.25) is 5.91 Å². The Balaban J connectivity index is 1.53. The molecule has 13 heteroatoms. The molecule has 0 bridgehead atoms. The number of benzene rings is 2. The summed E-state index contributed by atoms with van der Waals surface area (Å²) in [5.74, 6) is -3.09. The van der Waals surface area contributed by atoms with Crippen LogP contribution in [0.5, 0.6) is 0 Å². The van der Waals surface area contributed by atoms with Crippen LogP contribution >= 0.6 is 11.6 Å². The van der Waals surface area contributed by atoms with Crippen LogP contribution in [-0.2, 0) is 31.7 Å². The number of imide groups is 1. The van der Waals surface area contributed by atoms with Gasteiger partial charge in [-0.2, -0.15) is 13.2 Å². The van der Waals surface area contributed by atoms with Gasteiger partial charge in [-0.1, -0.05) is 23.7 Å². The largest absolute Gasteiger partial charge is 0.465 e. The second-order valence-corrected chi connectivity index (χ2v) is 9.64. The molecule has 39 heavy (non-hydrogen) atoms. The van der Waals surface area contributed by atoms with Crippen molar-refractivity contribution in [3.63, 3.8) is 0 Å². The molecule has 0 spiro atoms. The van der Waals surface area contributed by atoms with Gasteiger partial charge in [-0.3, -0.25) is 24.3 Å². The van der Waals surface area contributed by atoms with E-state index >= 15 is 0 Å². The minimum atomic E-state index is -4.60. The minimum absolute atomic E-state index is 0.00325. The number of ether oxygens (including phenoxy) is 2. The third kappa shape index (κ3) is 4.66. The zero-order chi connectivity index (χ0) is 28.1. The quantitative estimate of drug-likeness (QED) is 0.376. The summed E-state index contributed by atoms with van der Waals surface area (Å²) in [5, 5.41) is 0.122. The van der Waals surface area contributed by atoms with Crippen molar-refractivity contribution in [2.45, 2.75) is 32.0 Å². The lowest BCUT2D eigenvalue weighted by Gasteiger charge is -2.40. The first kappa shape index (κ1) is 26.8. The SMILES string of the molecule is CCOC(=O)C1CN(c2ccc(N3CCOC3=O)c(Cl)c2)C(=O)N([C@@H]2CCc3c2cccc3C(F)(F)F)C1=O. The summed E-state index contributed by atoms with van der Waals surface area (Å²) in [6.07, 6.45) is -5.10. The van der Waals surface area contributed by atoms with Crippen LogP contribution in [0, 0.1) is 5.92 Å². The summed E-state index contributed by atoms with van der Waals surface area (Å²) >= 11 is 6.44. The second kappa shape index (κ2) is 10.1. The standard InChI is InChI=1S/C26H23ClF3N3O6/c1-2-38-23(35)17-13-32(14-6-8-21(19(27)12-14)31-10-11-39-25(31)37)24(36)33(22(17)34)20-9-7-15-16(20)4-3-5-18(15)26(28,29)30/h3-6,8,12,17,20H,2,7,9-11,13H2,1H3/t17?,20-/m1/s1. The number of cyclic esters (lactones) is 1. The molecule has 206 valence electrons. The molecule has 5 rings (SSSR count). The van der Waals surface area contributed by atoms with Crippen molar-refractivity contribution in [1.29, 1.82) is 0 Å². The molecule has 4 amide bonds. The lowest BCUT2D eigenvalue weighted by molar-refractivity contribution is -0.155. The van der Waals surface area contributed by atoms with Crippen LogP contribution in [0.2, 0.25) is 5.02 Å². The molecule has 2 heterocycles. The fourth-order valence-corrected chi connectivity index (χ4v) is 5.59. The molecule has 2 atom stereocenters. The van der Waals surface area contributed by atoms with Crippen molar-refractivity contribution in [3.05, 3.63) is 58.1 Å². The molecule has 3 aliphatic rings. The van der Waals surface area contributed by atoms with E-state index in [0.29, 0.717) is 5.69 Å². The van der Waals surface area contributed by atoms with Crippen LogP contribution in [0.3, 0.4) is 0 Å².